The first-order valence-electron chi connectivity index (χ1n) is 5.84. The zero-order valence-corrected chi connectivity index (χ0v) is 10.6. The van der Waals surface area contributed by atoms with Crippen LogP contribution in [0.25, 0.3) is 0 Å². The van der Waals surface area contributed by atoms with Crippen molar-refractivity contribution in [3.8, 4) is 0 Å². The number of benzene rings is 1. The van der Waals surface area contributed by atoms with E-state index in [1.165, 1.54) is 6.20 Å². The summed E-state index contributed by atoms with van der Waals surface area (Å²) < 4.78 is 5.07. The summed E-state index contributed by atoms with van der Waals surface area (Å²) >= 11 is 0. The molecule has 4 N–H and O–H groups in total. The number of carbonyl (C=O) groups excluding carboxylic acids is 1. The maximum atomic E-state index is 11.8. The van der Waals surface area contributed by atoms with Crippen LogP contribution >= 0.6 is 0 Å². The average molecular weight is 260 g/mol. The Bertz CT molecular complexity index is 565. The van der Waals surface area contributed by atoms with Crippen molar-refractivity contribution >= 4 is 11.6 Å². The maximum absolute atomic E-state index is 11.8. The minimum absolute atomic E-state index is 0.271. The Morgan fingerprint density at radius 3 is 2.95 bits per heavy atom. The lowest BCUT2D eigenvalue weighted by Crippen LogP contribution is -2.24. The number of ether oxygens (including phenoxy) is 1. The average Bonchev–Trinajstić information content (AvgIpc) is 2.83. The Kier molecular flexibility index (Phi) is 4.15. The van der Waals surface area contributed by atoms with Gasteiger partial charge in [0.1, 0.15) is 5.69 Å². The lowest BCUT2D eigenvalue weighted by atomic mass is 10.1. The van der Waals surface area contributed by atoms with Crippen LogP contribution in [0.3, 0.4) is 0 Å². The van der Waals surface area contributed by atoms with Crippen molar-refractivity contribution in [3.63, 3.8) is 0 Å². The fourth-order valence-electron chi connectivity index (χ4n) is 1.74. The van der Waals surface area contributed by atoms with Gasteiger partial charge in [-0.25, -0.2) is 0 Å². The number of aromatic amines is 1. The summed E-state index contributed by atoms with van der Waals surface area (Å²) in [6, 6.07) is 7.83. The first kappa shape index (κ1) is 13.1. The summed E-state index contributed by atoms with van der Waals surface area (Å²) in [6.07, 6.45) is 1.41. The molecular formula is C13H16N4O2. The summed E-state index contributed by atoms with van der Waals surface area (Å²) in [7, 11) is 1.65. The molecule has 19 heavy (non-hydrogen) atoms. The van der Waals surface area contributed by atoms with E-state index in [0.717, 1.165) is 11.1 Å². The molecule has 0 saturated heterocycles. The summed E-state index contributed by atoms with van der Waals surface area (Å²) in [4.78, 5) is 11.8. The van der Waals surface area contributed by atoms with Gasteiger partial charge in [0.15, 0.2) is 0 Å². The van der Waals surface area contributed by atoms with E-state index in [1.54, 1.807) is 7.11 Å². The van der Waals surface area contributed by atoms with Crippen LogP contribution in [-0.2, 0) is 17.9 Å². The smallest absolute Gasteiger partial charge is 0.271 e. The van der Waals surface area contributed by atoms with E-state index in [9.17, 15) is 4.79 Å². The number of nitrogen functional groups attached to an aromatic ring is 1. The molecule has 0 saturated carbocycles. The van der Waals surface area contributed by atoms with Crippen molar-refractivity contribution in [2.45, 2.75) is 13.2 Å². The second-order valence-corrected chi connectivity index (χ2v) is 4.14. The van der Waals surface area contributed by atoms with Gasteiger partial charge >= 0.3 is 0 Å². The third-order valence-corrected chi connectivity index (χ3v) is 2.65. The van der Waals surface area contributed by atoms with Crippen molar-refractivity contribution in [1.82, 2.24) is 15.5 Å². The number of amides is 1. The quantitative estimate of drug-likeness (QED) is 0.749. The monoisotopic (exact) mass is 260 g/mol. The zero-order chi connectivity index (χ0) is 13.7. The predicted octanol–water partition coefficient (Wildman–Crippen LogP) is 1.07. The van der Waals surface area contributed by atoms with Crippen LogP contribution in [0.15, 0.2) is 30.5 Å². The van der Waals surface area contributed by atoms with Gasteiger partial charge in [0.05, 0.1) is 18.5 Å². The van der Waals surface area contributed by atoms with Crippen LogP contribution in [0.2, 0.25) is 0 Å². The number of rotatable bonds is 5. The Morgan fingerprint density at radius 1 is 1.47 bits per heavy atom. The first-order valence-corrected chi connectivity index (χ1v) is 5.84. The summed E-state index contributed by atoms with van der Waals surface area (Å²) in [5, 5.41) is 9.06. The summed E-state index contributed by atoms with van der Waals surface area (Å²) in [6.45, 7) is 0.976. The first-order chi connectivity index (χ1) is 9.20. The van der Waals surface area contributed by atoms with Crippen LogP contribution in [0.5, 0.6) is 0 Å². The largest absolute Gasteiger partial charge is 0.396 e. The standard InChI is InChI=1S/C13H16N4O2/c1-19-8-10-4-2-3-9(5-10)6-15-13(18)12-11(14)7-16-17-12/h2-5,7H,6,8,14H2,1H3,(H,15,18)(H,16,17). The number of nitrogens with two attached hydrogens (primary N) is 1. The van der Waals surface area contributed by atoms with Gasteiger partial charge in [0, 0.05) is 13.7 Å². The van der Waals surface area contributed by atoms with Gasteiger partial charge in [-0.1, -0.05) is 24.3 Å². The molecule has 0 radical (unpaired) electrons. The molecule has 0 bridgehead atoms. The highest BCUT2D eigenvalue weighted by Crippen LogP contribution is 2.08. The molecule has 6 heteroatoms. The number of hydrogen-bond acceptors (Lipinski definition) is 4. The molecule has 0 fully saturated rings. The highest BCUT2D eigenvalue weighted by molar-refractivity contribution is 5.96. The van der Waals surface area contributed by atoms with Gasteiger partial charge in [-0.15, -0.1) is 0 Å². The van der Waals surface area contributed by atoms with E-state index >= 15 is 0 Å². The molecule has 0 aliphatic heterocycles. The molecule has 1 aromatic carbocycles. The van der Waals surface area contributed by atoms with Crippen molar-refractivity contribution in [2.24, 2.45) is 0 Å². The third-order valence-electron chi connectivity index (χ3n) is 2.65. The highest BCUT2D eigenvalue weighted by Gasteiger charge is 2.10. The molecule has 2 aromatic rings. The minimum atomic E-state index is -0.271. The fourth-order valence-corrected chi connectivity index (χ4v) is 1.74. The van der Waals surface area contributed by atoms with Gasteiger partial charge in [0.2, 0.25) is 0 Å². The number of methoxy groups -OCH3 is 1. The van der Waals surface area contributed by atoms with Crippen molar-refractivity contribution < 1.29 is 9.53 Å². The predicted molar refractivity (Wildman–Crippen MR) is 71.3 cm³/mol. The van der Waals surface area contributed by atoms with Gasteiger partial charge in [-0.3, -0.25) is 9.89 Å². The Balaban J connectivity index is 1.97. The molecule has 1 aromatic heterocycles. The zero-order valence-electron chi connectivity index (χ0n) is 10.6. The Hall–Kier alpha value is -2.34. The van der Waals surface area contributed by atoms with E-state index < -0.39 is 0 Å². The van der Waals surface area contributed by atoms with Crippen LogP contribution in [0.4, 0.5) is 5.69 Å². The lowest BCUT2D eigenvalue weighted by Gasteiger charge is -2.06. The van der Waals surface area contributed by atoms with Gasteiger partial charge < -0.3 is 15.8 Å². The highest BCUT2D eigenvalue weighted by atomic mass is 16.5. The molecule has 0 spiro atoms. The number of nitrogens with zero attached hydrogens (tertiary/aromatic N) is 1. The second kappa shape index (κ2) is 6.01. The van der Waals surface area contributed by atoms with Crippen molar-refractivity contribution in [2.75, 3.05) is 12.8 Å². The molecule has 1 amide bonds. The second-order valence-electron chi connectivity index (χ2n) is 4.14. The van der Waals surface area contributed by atoms with Gasteiger partial charge in [0.25, 0.3) is 5.91 Å². The topological polar surface area (TPSA) is 93.0 Å². The molecule has 2 rings (SSSR count). The van der Waals surface area contributed by atoms with E-state index in [4.69, 9.17) is 10.5 Å². The number of hydrogen-bond donors (Lipinski definition) is 3. The molecule has 0 aliphatic rings. The van der Waals surface area contributed by atoms with Crippen LogP contribution < -0.4 is 11.1 Å². The van der Waals surface area contributed by atoms with E-state index in [-0.39, 0.29) is 11.6 Å². The minimum Gasteiger partial charge on any atom is -0.396 e. The summed E-state index contributed by atoms with van der Waals surface area (Å²) in [5.41, 5.74) is 8.29. The maximum Gasteiger partial charge on any atom is 0.271 e. The molecule has 0 aliphatic carbocycles. The Labute approximate surface area is 111 Å². The number of H-pyrrole nitrogens is 1. The number of anilines is 1. The van der Waals surface area contributed by atoms with E-state index in [0.29, 0.717) is 18.8 Å². The van der Waals surface area contributed by atoms with Gasteiger partial charge in [-0.2, -0.15) is 5.10 Å². The fraction of sp³-hybridized carbons (Fsp3) is 0.231. The molecular weight excluding hydrogens is 244 g/mol. The van der Waals surface area contributed by atoms with E-state index in [2.05, 4.69) is 15.5 Å². The SMILES string of the molecule is COCc1cccc(CNC(=O)c2[nH]ncc2N)c1. The third kappa shape index (κ3) is 3.32. The molecule has 1 heterocycles. The van der Waals surface area contributed by atoms with Crippen LogP contribution in [-0.4, -0.2) is 23.2 Å². The Morgan fingerprint density at radius 2 is 2.26 bits per heavy atom. The van der Waals surface area contributed by atoms with Crippen molar-refractivity contribution in [1.29, 1.82) is 0 Å². The molecule has 6 nitrogen and oxygen atoms in total. The number of carbonyl (C=O) groups is 1. The van der Waals surface area contributed by atoms with Gasteiger partial charge in [-0.05, 0) is 11.1 Å². The van der Waals surface area contributed by atoms with Crippen LogP contribution in [0, 0.1) is 0 Å². The van der Waals surface area contributed by atoms with E-state index in [1.807, 2.05) is 24.3 Å². The summed E-state index contributed by atoms with van der Waals surface area (Å²) in [5.74, 6) is -0.271. The van der Waals surface area contributed by atoms with Crippen LogP contribution in [0.1, 0.15) is 21.6 Å². The number of aromatic nitrogens is 2. The van der Waals surface area contributed by atoms with Crippen molar-refractivity contribution in [3.05, 3.63) is 47.3 Å². The molecule has 0 atom stereocenters. The lowest BCUT2D eigenvalue weighted by molar-refractivity contribution is 0.0947. The molecule has 100 valence electrons. The number of nitrogens with one attached hydrogen (secondary N) is 2. The normalized spacial score (nSPS) is 10.4. The molecule has 0 unspecified atom stereocenters.